The molecule has 1 aromatic carbocycles. The maximum atomic E-state index is 13.1. The van der Waals surface area contributed by atoms with Crippen molar-refractivity contribution < 1.29 is 13.9 Å². The Morgan fingerprint density at radius 3 is 2.81 bits per heavy atom. The molecule has 3 nitrogen and oxygen atoms in total. The highest BCUT2D eigenvalue weighted by molar-refractivity contribution is 5.95. The van der Waals surface area contributed by atoms with Crippen molar-refractivity contribution in [2.24, 2.45) is 0 Å². The normalized spacial score (nSPS) is 12.0. The number of ether oxygens (including phenoxy) is 1. The molecule has 1 unspecified atom stereocenters. The predicted octanol–water partition coefficient (Wildman–Crippen LogP) is 2.82. The molecule has 4 heteroatoms. The standard InChI is InChI=1S/C12H16FNO2/c1-4-8(2)14-11-7-9(13)5-6-10(11)12(15)16-3/h5-8,14H,4H2,1-3H3. The van der Waals surface area contributed by atoms with Crippen LogP contribution in [0.3, 0.4) is 0 Å². The second-order valence-corrected chi connectivity index (χ2v) is 3.64. The van der Waals surface area contributed by atoms with Crippen LogP contribution in [0.25, 0.3) is 0 Å². The molecule has 0 bridgehead atoms. The lowest BCUT2D eigenvalue weighted by Crippen LogP contribution is -2.16. The highest BCUT2D eigenvalue weighted by Gasteiger charge is 2.13. The van der Waals surface area contributed by atoms with E-state index in [9.17, 15) is 9.18 Å². The third-order valence-corrected chi connectivity index (χ3v) is 2.40. The minimum Gasteiger partial charge on any atom is -0.465 e. The molecule has 0 aliphatic carbocycles. The van der Waals surface area contributed by atoms with Crippen LogP contribution in [0.4, 0.5) is 10.1 Å². The van der Waals surface area contributed by atoms with E-state index in [2.05, 4.69) is 10.1 Å². The first kappa shape index (κ1) is 12.5. The van der Waals surface area contributed by atoms with Crippen molar-refractivity contribution in [2.75, 3.05) is 12.4 Å². The van der Waals surface area contributed by atoms with Crippen molar-refractivity contribution >= 4 is 11.7 Å². The monoisotopic (exact) mass is 225 g/mol. The van der Waals surface area contributed by atoms with Crippen molar-refractivity contribution in [1.29, 1.82) is 0 Å². The van der Waals surface area contributed by atoms with Gasteiger partial charge in [0, 0.05) is 6.04 Å². The Kier molecular flexibility index (Phi) is 4.28. The van der Waals surface area contributed by atoms with Crippen LogP contribution in [0.2, 0.25) is 0 Å². The van der Waals surface area contributed by atoms with E-state index in [-0.39, 0.29) is 11.9 Å². The summed E-state index contributed by atoms with van der Waals surface area (Å²) in [5.41, 5.74) is 0.824. The summed E-state index contributed by atoms with van der Waals surface area (Å²) in [6, 6.07) is 4.14. The quantitative estimate of drug-likeness (QED) is 0.801. The van der Waals surface area contributed by atoms with Gasteiger partial charge < -0.3 is 10.1 Å². The number of halogens is 1. The molecule has 1 atom stereocenters. The molecule has 0 fully saturated rings. The maximum absolute atomic E-state index is 13.1. The first-order valence-corrected chi connectivity index (χ1v) is 5.22. The zero-order valence-corrected chi connectivity index (χ0v) is 9.71. The van der Waals surface area contributed by atoms with Crippen LogP contribution in [0.1, 0.15) is 30.6 Å². The van der Waals surface area contributed by atoms with Crippen molar-refractivity contribution in [2.45, 2.75) is 26.3 Å². The van der Waals surface area contributed by atoms with Crippen LogP contribution in [0.15, 0.2) is 18.2 Å². The number of hydrogen-bond acceptors (Lipinski definition) is 3. The summed E-state index contributed by atoms with van der Waals surface area (Å²) in [5, 5.41) is 3.08. The van der Waals surface area contributed by atoms with Gasteiger partial charge in [0.15, 0.2) is 0 Å². The summed E-state index contributed by atoms with van der Waals surface area (Å²) in [6.45, 7) is 3.97. The smallest absolute Gasteiger partial charge is 0.339 e. The van der Waals surface area contributed by atoms with Crippen LogP contribution in [0.5, 0.6) is 0 Å². The van der Waals surface area contributed by atoms with E-state index in [1.807, 2.05) is 13.8 Å². The molecular formula is C12H16FNO2. The number of methoxy groups -OCH3 is 1. The average molecular weight is 225 g/mol. The summed E-state index contributed by atoms with van der Waals surface area (Å²) in [4.78, 5) is 11.4. The molecule has 0 heterocycles. The molecule has 1 N–H and O–H groups in total. The zero-order valence-electron chi connectivity index (χ0n) is 9.71. The van der Waals surface area contributed by atoms with Crippen LogP contribution in [-0.4, -0.2) is 19.1 Å². The number of anilines is 1. The predicted molar refractivity (Wildman–Crippen MR) is 61.1 cm³/mol. The number of rotatable bonds is 4. The summed E-state index contributed by atoms with van der Waals surface area (Å²) in [7, 11) is 1.30. The molecule has 0 spiro atoms. The second-order valence-electron chi connectivity index (χ2n) is 3.64. The lowest BCUT2D eigenvalue weighted by molar-refractivity contribution is 0.0602. The van der Waals surface area contributed by atoms with Gasteiger partial charge in [-0.05, 0) is 31.5 Å². The van der Waals surface area contributed by atoms with Gasteiger partial charge in [-0.3, -0.25) is 0 Å². The largest absolute Gasteiger partial charge is 0.465 e. The van der Waals surface area contributed by atoms with Crippen molar-refractivity contribution in [1.82, 2.24) is 0 Å². The van der Waals surface area contributed by atoms with E-state index in [0.29, 0.717) is 11.3 Å². The van der Waals surface area contributed by atoms with Crippen LogP contribution in [0, 0.1) is 5.82 Å². The van der Waals surface area contributed by atoms with Crippen molar-refractivity contribution in [3.8, 4) is 0 Å². The minimum atomic E-state index is -0.467. The highest BCUT2D eigenvalue weighted by Crippen LogP contribution is 2.19. The molecule has 0 radical (unpaired) electrons. The third kappa shape index (κ3) is 2.95. The summed E-state index contributed by atoms with van der Waals surface area (Å²) < 4.78 is 17.7. The molecule has 0 aromatic heterocycles. The number of nitrogens with one attached hydrogen (secondary N) is 1. The Morgan fingerprint density at radius 2 is 2.25 bits per heavy atom. The molecule has 0 saturated heterocycles. The van der Waals surface area contributed by atoms with E-state index >= 15 is 0 Å². The number of hydrogen-bond donors (Lipinski definition) is 1. The zero-order chi connectivity index (χ0) is 12.1. The molecule has 88 valence electrons. The van der Waals surface area contributed by atoms with Gasteiger partial charge in [0.05, 0.1) is 18.4 Å². The summed E-state index contributed by atoms with van der Waals surface area (Å²) in [5.74, 6) is -0.843. The molecular weight excluding hydrogens is 209 g/mol. The Balaban J connectivity index is 3.03. The number of carbonyl (C=O) groups is 1. The van der Waals surface area contributed by atoms with Gasteiger partial charge in [-0.2, -0.15) is 0 Å². The van der Waals surface area contributed by atoms with Gasteiger partial charge in [0.25, 0.3) is 0 Å². The van der Waals surface area contributed by atoms with E-state index in [1.165, 1.54) is 25.3 Å². The van der Waals surface area contributed by atoms with Gasteiger partial charge in [-0.1, -0.05) is 6.92 Å². The molecule has 1 aromatic rings. The van der Waals surface area contributed by atoms with Gasteiger partial charge in [0.1, 0.15) is 5.82 Å². The molecule has 1 rings (SSSR count). The van der Waals surface area contributed by atoms with Gasteiger partial charge >= 0.3 is 5.97 Å². The average Bonchev–Trinajstić information content (AvgIpc) is 2.28. The van der Waals surface area contributed by atoms with Crippen LogP contribution < -0.4 is 5.32 Å². The van der Waals surface area contributed by atoms with E-state index in [1.54, 1.807) is 0 Å². The van der Waals surface area contributed by atoms with Gasteiger partial charge in [-0.15, -0.1) is 0 Å². The topological polar surface area (TPSA) is 38.3 Å². The Hall–Kier alpha value is -1.58. The Morgan fingerprint density at radius 1 is 1.56 bits per heavy atom. The van der Waals surface area contributed by atoms with Crippen LogP contribution in [-0.2, 0) is 4.74 Å². The second kappa shape index (κ2) is 5.49. The maximum Gasteiger partial charge on any atom is 0.339 e. The molecule has 0 aliphatic rings. The number of benzene rings is 1. The first-order chi connectivity index (χ1) is 7.58. The summed E-state index contributed by atoms with van der Waals surface area (Å²) >= 11 is 0. The number of carbonyl (C=O) groups excluding carboxylic acids is 1. The third-order valence-electron chi connectivity index (χ3n) is 2.40. The molecule has 0 aliphatic heterocycles. The Labute approximate surface area is 94.6 Å². The lowest BCUT2D eigenvalue weighted by Gasteiger charge is -2.15. The minimum absolute atomic E-state index is 0.171. The van der Waals surface area contributed by atoms with Crippen LogP contribution >= 0.6 is 0 Å². The molecule has 0 amide bonds. The van der Waals surface area contributed by atoms with Gasteiger partial charge in [-0.25, -0.2) is 9.18 Å². The fourth-order valence-electron chi connectivity index (χ4n) is 1.29. The fraction of sp³-hybridized carbons (Fsp3) is 0.417. The van der Waals surface area contributed by atoms with E-state index < -0.39 is 5.97 Å². The highest BCUT2D eigenvalue weighted by atomic mass is 19.1. The van der Waals surface area contributed by atoms with Crippen molar-refractivity contribution in [3.05, 3.63) is 29.6 Å². The Bertz CT molecular complexity index is 379. The summed E-state index contributed by atoms with van der Waals surface area (Å²) in [6.07, 6.45) is 0.886. The molecule has 16 heavy (non-hydrogen) atoms. The van der Waals surface area contributed by atoms with Gasteiger partial charge in [0.2, 0.25) is 0 Å². The van der Waals surface area contributed by atoms with E-state index in [0.717, 1.165) is 6.42 Å². The number of esters is 1. The van der Waals surface area contributed by atoms with Crippen molar-refractivity contribution in [3.63, 3.8) is 0 Å². The fourth-order valence-corrected chi connectivity index (χ4v) is 1.29. The first-order valence-electron chi connectivity index (χ1n) is 5.22. The molecule has 0 saturated carbocycles. The lowest BCUT2D eigenvalue weighted by atomic mass is 10.1. The SMILES string of the molecule is CCC(C)Nc1cc(F)ccc1C(=O)OC. The van der Waals surface area contributed by atoms with E-state index in [4.69, 9.17) is 0 Å².